The van der Waals surface area contributed by atoms with Crippen molar-refractivity contribution in [1.29, 1.82) is 0 Å². The molecule has 0 aliphatic carbocycles. The van der Waals surface area contributed by atoms with Crippen molar-refractivity contribution in [3.05, 3.63) is 29.8 Å². The van der Waals surface area contributed by atoms with Crippen molar-refractivity contribution in [1.82, 2.24) is 5.32 Å². The quantitative estimate of drug-likeness (QED) is 0.648. The van der Waals surface area contributed by atoms with E-state index in [9.17, 15) is 9.90 Å². The summed E-state index contributed by atoms with van der Waals surface area (Å²) in [4.78, 5) is 11.1. The summed E-state index contributed by atoms with van der Waals surface area (Å²) in [6.07, 6.45) is 1.30. The summed E-state index contributed by atoms with van der Waals surface area (Å²) in [5, 5.41) is 15.5. The summed E-state index contributed by atoms with van der Waals surface area (Å²) in [6.45, 7) is 4.93. The molecule has 4 heteroatoms. The zero-order chi connectivity index (χ0) is 13.4. The molecule has 0 bridgehead atoms. The smallest absolute Gasteiger partial charge is 0.221 e. The second-order valence-corrected chi connectivity index (χ2v) is 4.37. The maximum Gasteiger partial charge on any atom is 0.221 e. The molecule has 1 unspecified atom stereocenters. The van der Waals surface area contributed by atoms with Gasteiger partial charge in [-0.25, -0.2) is 0 Å². The van der Waals surface area contributed by atoms with Crippen molar-refractivity contribution < 1.29 is 9.90 Å². The number of para-hydroxylation sites is 1. The minimum Gasteiger partial charge on any atom is -0.393 e. The van der Waals surface area contributed by atoms with Gasteiger partial charge in [0.15, 0.2) is 0 Å². The Kier molecular flexibility index (Phi) is 6.39. The molecular weight excluding hydrogens is 228 g/mol. The van der Waals surface area contributed by atoms with Gasteiger partial charge in [-0.15, -0.1) is 0 Å². The van der Waals surface area contributed by atoms with Gasteiger partial charge in [0, 0.05) is 19.2 Å². The molecule has 18 heavy (non-hydrogen) atoms. The number of nitrogens with one attached hydrogen (secondary N) is 2. The van der Waals surface area contributed by atoms with E-state index in [1.54, 1.807) is 0 Å². The molecule has 100 valence electrons. The van der Waals surface area contributed by atoms with Gasteiger partial charge in [-0.05, 0) is 31.0 Å². The first kappa shape index (κ1) is 14.7. The highest BCUT2D eigenvalue weighted by atomic mass is 16.3. The fourth-order valence-corrected chi connectivity index (χ4v) is 1.68. The Hall–Kier alpha value is -1.39. The average molecular weight is 250 g/mol. The summed E-state index contributed by atoms with van der Waals surface area (Å²) < 4.78 is 0. The number of aliphatic hydroxyl groups excluding tert-OH is 1. The van der Waals surface area contributed by atoms with Crippen LogP contribution in [-0.4, -0.2) is 23.7 Å². The molecule has 1 amide bonds. The van der Waals surface area contributed by atoms with Crippen LogP contribution in [0.4, 0.5) is 5.69 Å². The van der Waals surface area contributed by atoms with Crippen molar-refractivity contribution in [2.45, 2.75) is 39.3 Å². The molecular formula is C14H22N2O2. The van der Waals surface area contributed by atoms with Crippen LogP contribution in [0.5, 0.6) is 0 Å². The van der Waals surface area contributed by atoms with E-state index in [1.807, 2.05) is 31.2 Å². The van der Waals surface area contributed by atoms with Crippen molar-refractivity contribution in [2.75, 3.05) is 11.9 Å². The molecule has 0 spiro atoms. The van der Waals surface area contributed by atoms with Crippen LogP contribution in [0.25, 0.3) is 0 Å². The number of anilines is 1. The SMILES string of the molecule is CCC(O)CCNCc1ccccc1NC(C)=O. The second kappa shape index (κ2) is 7.84. The second-order valence-electron chi connectivity index (χ2n) is 4.37. The molecule has 1 aromatic rings. The highest BCUT2D eigenvalue weighted by molar-refractivity contribution is 5.89. The number of aliphatic hydroxyl groups is 1. The summed E-state index contributed by atoms with van der Waals surface area (Å²) in [6, 6.07) is 7.71. The van der Waals surface area contributed by atoms with Gasteiger partial charge < -0.3 is 15.7 Å². The number of carbonyl (C=O) groups is 1. The maximum absolute atomic E-state index is 11.1. The summed E-state index contributed by atoms with van der Waals surface area (Å²) in [7, 11) is 0. The largest absolute Gasteiger partial charge is 0.393 e. The van der Waals surface area contributed by atoms with E-state index in [0.717, 1.165) is 30.6 Å². The van der Waals surface area contributed by atoms with Crippen molar-refractivity contribution in [3.8, 4) is 0 Å². The molecule has 1 atom stereocenters. The van der Waals surface area contributed by atoms with Crippen LogP contribution in [0.15, 0.2) is 24.3 Å². The summed E-state index contributed by atoms with van der Waals surface area (Å²) >= 11 is 0. The lowest BCUT2D eigenvalue weighted by molar-refractivity contribution is -0.114. The van der Waals surface area contributed by atoms with Crippen LogP contribution >= 0.6 is 0 Å². The number of amides is 1. The molecule has 0 fully saturated rings. The van der Waals surface area contributed by atoms with Gasteiger partial charge >= 0.3 is 0 Å². The highest BCUT2D eigenvalue weighted by Gasteiger charge is 2.03. The average Bonchev–Trinajstić information content (AvgIpc) is 2.35. The Balaban J connectivity index is 2.44. The first-order chi connectivity index (χ1) is 8.63. The number of benzene rings is 1. The van der Waals surface area contributed by atoms with Gasteiger partial charge in [-0.3, -0.25) is 4.79 Å². The van der Waals surface area contributed by atoms with Gasteiger partial charge in [0.05, 0.1) is 6.10 Å². The molecule has 0 aliphatic rings. The van der Waals surface area contributed by atoms with Crippen LogP contribution in [0.1, 0.15) is 32.3 Å². The Labute approximate surface area is 108 Å². The van der Waals surface area contributed by atoms with E-state index < -0.39 is 0 Å². The van der Waals surface area contributed by atoms with Crippen molar-refractivity contribution >= 4 is 11.6 Å². The fraction of sp³-hybridized carbons (Fsp3) is 0.500. The minimum atomic E-state index is -0.233. The Morgan fingerprint density at radius 2 is 2.11 bits per heavy atom. The molecule has 0 saturated heterocycles. The minimum absolute atomic E-state index is 0.0659. The molecule has 1 aromatic carbocycles. The molecule has 4 nitrogen and oxygen atoms in total. The molecule has 3 N–H and O–H groups in total. The lowest BCUT2D eigenvalue weighted by atomic mass is 10.1. The molecule has 0 aromatic heterocycles. The number of rotatable bonds is 7. The van der Waals surface area contributed by atoms with E-state index in [-0.39, 0.29) is 12.0 Å². The zero-order valence-corrected chi connectivity index (χ0v) is 11.1. The maximum atomic E-state index is 11.1. The van der Waals surface area contributed by atoms with Gasteiger partial charge in [0.2, 0.25) is 5.91 Å². The Morgan fingerprint density at radius 3 is 2.78 bits per heavy atom. The highest BCUT2D eigenvalue weighted by Crippen LogP contribution is 2.14. The van der Waals surface area contributed by atoms with E-state index in [4.69, 9.17) is 0 Å². The number of hydrogen-bond acceptors (Lipinski definition) is 3. The topological polar surface area (TPSA) is 61.4 Å². The third-order valence-electron chi connectivity index (χ3n) is 2.77. The van der Waals surface area contributed by atoms with Gasteiger partial charge in [-0.1, -0.05) is 25.1 Å². The number of carbonyl (C=O) groups excluding carboxylic acids is 1. The van der Waals surface area contributed by atoms with Crippen molar-refractivity contribution in [2.24, 2.45) is 0 Å². The van der Waals surface area contributed by atoms with Crippen LogP contribution in [0.3, 0.4) is 0 Å². The summed E-state index contributed by atoms with van der Waals surface area (Å²) in [5.74, 6) is -0.0659. The van der Waals surface area contributed by atoms with Crippen LogP contribution in [-0.2, 0) is 11.3 Å². The molecule has 0 heterocycles. The Bertz CT molecular complexity index is 380. The molecule has 0 radical (unpaired) electrons. The third-order valence-corrected chi connectivity index (χ3v) is 2.77. The van der Waals surface area contributed by atoms with Crippen LogP contribution < -0.4 is 10.6 Å². The molecule has 0 aliphatic heterocycles. The van der Waals surface area contributed by atoms with Crippen LogP contribution in [0.2, 0.25) is 0 Å². The monoisotopic (exact) mass is 250 g/mol. The predicted octanol–water partition coefficient (Wildman–Crippen LogP) is 1.90. The molecule has 0 saturated carbocycles. The first-order valence-electron chi connectivity index (χ1n) is 6.37. The number of hydrogen-bond donors (Lipinski definition) is 3. The van der Waals surface area contributed by atoms with Gasteiger partial charge in [0.25, 0.3) is 0 Å². The van der Waals surface area contributed by atoms with Crippen molar-refractivity contribution in [3.63, 3.8) is 0 Å². The lowest BCUT2D eigenvalue weighted by Gasteiger charge is -2.12. The van der Waals surface area contributed by atoms with Crippen LogP contribution in [0, 0.1) is 0 Å². The zero-order valence-electron chi connectivity index (χ0n) is 11.1. The predicted molar refractivity (Wildman–Crippen MR) is 73.4 cm³/mol. The van der Waals surface area contributed by atoms with E-state index >= 15 is 0 Å². The van der Waals surface area contributed by atoms with Gasteiger partial charge in [-0.2, -0.15) is 0 Å². The van der Waals surface area contributed by atoms with Gasteiger partial charge in [0.1, 0.15) is 0 Å². The first-order valence-corrected chi connectivity index (χ1v) is 6.37. The fourth-order valence-electron chi connectivity index (χ4n) is 1.68. The third kappa shape index (κ3) is 5.29. The van der Waals surface area contributed by atoms with E-state index in [1.165, 1.54) is 6.92 Å². The van der Waals surface area contributed by atoms with E-state index in [0.29, 0.717) is 6.54 Å². The van der Waals surface area contributed by atoms with E-state index in [2.05, 4.69) is 10.6 Å². The Morgan fingerprint density at radius 1 is 1.39 bits per heavy atom. The lowest BCUT2D eigenvalue weighted by Crippen LogP contribution is -2.20. The summed E-state index contributed by atoms with van der Waals surface area (Å²) in [5.41, 5.74) is 1.90. The molecule has 1 rings (SSSR count). The normalized spacial score (nSPS) is 12.2. The standard InChI is InChI=1S/C14H22N2O2/c1-3-13(18)8-9-15-10-12-6-4-5-7-14(12)16-11(2)17/h4-7,13,15,18H,3,8-10H2,1-2H3,(H,16,17).